The van der Waals surface area contributed by atoms with Gasteiger partial charge in [0.05, 0.1) is 5.56 Å². The third kappa shape index (κ3) is 1.16. The highest BCUT2D eigenvalue weighted by molar-refractivity contribution is 5.89. The van der Waals surface area contributed by atoms with Crippen molar-refractivity contribution in [1.82, 2.24) is 0 Å². The second-order valence-corrected chi connectivity index (χ2v) is 2.01. The van der Waals surface area contributed by atoms with Gasteiger partial charge in [0.25, 0.3) is 0 Å². The minimum absolute atomic E-state index is 0.322. The Bertz CT molecular complexity index is 253. The number of aryl methyl sites for hydroxylation is 1. The van der Waals surface area contributed by atoms with Crippen molar-refractivity contribution < 1.29 is 9.90 Å². The monoisotopic (exact) mass is 135 g/mol. The Morgan fingerprint density at radius 1 is 1.70 bits per heavy atom. The minimum atomic E-state index is -0.894. The molecule has 1 aromatic rings. The predicted molar refractivity (Wildman–Crippen MR) is 37.0 cm³/mol. The quantitative estimate of drug-likeness (QED) is 0.633. The molecule has 0 saturated carbocycles. The first-order valence-corrected chi connectivity index (χ1v) is 2.92. The van der Waals surface area contributed by atoms with Crippen LogP contribution in [-0.2, 0) is 0 Å². The number of benzene rings is 1. The Labute approximate surface area is 59.1 Å². The van der Waals surface area contributed by atoms with Crippen LogP contribution >= 0.6 is 0 Å². The molecule has 0 saturated heterocycles. The number of carbonyl (C=O) groups is 1. The molecule has 0 atom stereocenters. The fraction of sp³-hybridized carbons (Fsp3) is 0.125. The minimum Gasteiger partial charge on any atom is -0.478 e. The second kappa shape index (κ2) is 2.52. The summed E-state index contributed by atoms with van der Waals surface area (Å²) in [7, 11) is 0. The molecule has 0 fully saturated rings. The van der Waals surface area contributed by atoms with Crippen molar-refractivity contribution in [3.8, 4) is 0 Å². The molecule has 0 aromatic heterocycles. The van der Waals surface area contributed by atoms with Crippen LogP contribution in [0.2, 0.25) is 0 Å². The molecule has 0 amide bonds. The predicted octanol–water partition coefficient (Wildman–Crippen LogP) is 1.49. The SMILES string of the molecule is Cc1[c]cccc1C(=O)O. The van der Waals surface area contributed by atoms with Crippen molar-refractivity contribution in [3.63, 3.8) is 0 Å². The summed E-state index contributed by atoms with van der Waals surface area (Å²) >= 11 is 0. The van der Waals surface area contributed by atoms with Gasteiger partial charge in [-0.15, -0.1) is 0 Å². The molecule has 1 aromatic carbocycles. The van der Waals surface area contributed by atoms with Crippen molar-refractivity contribution >= 4 is 5.97 Å². The lowest BCUT2D eigenvalue weighted by molar-refractivity contribution is 0.0696. The maximum atomic E-state index is 10.4. The van der Waals surface area contributed by atoms with Gasteiger partial charge in [0.2, 0.25) is 0 Å². The van der Waals surface area contributed by atoms with Crippen molar-refractivity contribution in [2.75, 3.05) is 0 Å². The molecule has 0 aliphatic carbocycles. The van der Waals surface area contributed by atoms with Crippen LogP contribution < -0.4 is 0 Å². The summed E-state index contributed by atoms with van der Waals surface area (Å²) in [6.45, 7) is 1.73. The number of carboxylic acid groups (broad SMARTS) is 1. The zero-order valence-electron chi connectivity index (χ0n) is 5.59. The Morgan fingerprint density at radius 3 is 2.80 bits per heavy atom. The van der Waals surface area contributed by atoms with Crippen molar-refractivity contribution in [3.05, 3.63) is 35.4 Å². The van der Waals surface area contributed by atoms with Gasteiger partial charge in [0.1, 0.15) is 0 Å². The van der Waals surface area contributed by atoms with Crippen LogP contribution in [0.5, 0.6) is 0 Å². The summed E-state index contributed by atoms with van der Waals surface area (Å²) in [5, 5.41) is 8.55. The Balaban J connectivity index is 3.15. The lowest BCUT2D eigenvalue weighted by Crippen LogP contribution is -1.98. The number of carboxylic acids is 1. The van der Waals surface area contributed by atoms with Crippen LogP contribution in [0.3, 0.4) is 0 Å². The fourth-order valence-electron chi connectivity index (χ4n) is 0.752. The number of aromatic carboxylic acids is 1. The van der Waals surface area contributed by atoms with Gasteiger partial charge in [-0.1, -0.05) is 12.1 Å². The molecule has 0 aliphatic heterocycles. The first-order chi connectivity index (χ1) is 4.72. The van der Waals surface area contributed by atoms with Crippen LogP contribution in [0.4, 0.5) is 0 Å². The lowest BCUT2D eigenvalue weighted by Gasteiger charge is -1.95. The molecule has 1 rings (SSSR count). The van der Waals surface area contributed by atoms with Crippen LogP contribution in [0, 0.1) is 13.0 Å². The summed E-state index contributed by atoms with van der Waals surface area (Å²) in [6, 6.07) is 7.72. The summed E-state index contributed by atoms with van der Waals surface area (Å²) in [5.74, 6) is -0.894. The van der Waals surface area contributed by atoms with Gasteiger partial charge in [-0.3, -0.25) is 0 Å². The van der Waals surface area contributed by atoms with Gasteiger partial charge in [-0.25, -0.2) is 4.79 Å². The van der Waals surface area contributed by atoms with Crippen LogP contribution in [0.25, 0.3) is 0 Å². The molecule has 2 nitrogen and oxygen atoms in total. The van der Waals surface area contributed by atoms with E-state index in [4.69, 9.17) is 5.11 Å². The van der Waals surface area contributed by atoms with E-state index in [0.29, 0.717) is 11.1 Å². The average Bonchev–Trinajstić information content (AvgIpc) is 1.88. The molecular weight excluding hydrogens is 128 g/mol. The van der Waals surface area contributed by atoms with Crippen molar-refractivity contribution in [2.45, 2.75) is 6.92 Å². The summed E-state index contributed by atoms with van der Waals surface area (Å²) in [6.07, 6.45) is 0. The molecule has 0 bridgehead atoms. The van der Waals surface area contributed by atoms with E-state index in [1.807, 2.05) is 0 Å². The van der Waals surface area contributed by atoms with E-state index in [-0.39, 0.29) is 0 Å². The number of hydrogen-bond acceptors (Lipinski definition) is 1. The Kier molecular flexibility index (Phi) is 1.71. The Hall–Kier alpha value is -1.31. The van der Waals surface area contributed by atoms with Gasteiger partial charge in [0.15, 0.2) is 0 Å². The molecule has 10 heavy (non-hydrogen) atoms. The van der Waals surface area contributed by atoms with E-state index in [9.17, 15) is 4.79 Å². The van der Waals surface area contributed by atoms with Gasteiger partial charge >= 0.3 is 5.97 Å². The third-order valence-electron chi connectivity index (χ3n) is 1.29. The highest BCUT2D eigenvalue weighted by Crippen LogP contribution is 2.04. The Morgan fingerprint density at radius 2 is 2.40 bits per heavy atom. The first-order valence-electron chi connectivity index (χ1n) is 2.92. The molecule has 2 heteroatoms. The molecule has 0 aliphatic rings. The molecule has 51 valence electrons. The van der Waals surface area contributed by atoms with E-state index in [1.165, 1.54) is 0 Å². The van der Waals surface area contributed by atoms with Gasteiger partial charge in [0, 0.05) is 0 Å². The first kappa shape index (κ1) is 6.81. The van der Waals surface area contributed by atoms with Crippen LogP contribution in [0.1, 0.15) is 15.9 Å². The van der Waals surface area contributed by atoms with Gasteiger partial charge < -0.3 is 5.11 Å². The number of hydrogen-bond donors (Lipinski definition) is 1. The topological polar surface area (TPSA) is 37.3 Å². The highest BCUT2D eigenvalue weighted by Gasteiger charge is 2.03. The average molecular weight is 135 g/mol. The largest absolute Gasteiger partial charge is 0.478 e. The molecule has 0 heterocycles. The zero-order chi connectivity index (χ0) is 7.56. The van der Waals surface area contributed by atoms with Crippen molar-refractivity contribution in [1.29, 1.82) is 0 Å². The standard InChI is InChI=1S/C8H7O2/c1-6-4-2-3-5-7(6)8(9)10/h2-3,5H,1H3,(H,9,10). The smallest absolute Gasteiger partial charge is 0.335 e. The van der Waals surface area contributed by atoms with Gasteiger partial charge in [-0.05, 0) is 24.6 Å². The third-order valence-corrected chi connectivity index (χ3v) is 1.29. The van der Waals surface area contributed by atoms with Gasteiger partial charge in [-0.2, -0.15) is 0 Å². The van der Waals surface area contributed by atoms with E-state index in [1.54, 1.807) is 25.1 Å². The van der Waals surface area contributed by atoms with Crippen molar-refractivity contribution in [2.24, 2.45) is 0 Å². The van der Waals surface area contributed by atoms with E-state index >= 15 is 0 Å². The van der Waals surface area contributed by atoms with E-state index < -0.39 is 5.97 Å². The molecule has 1 radical (unpaired) electrons. The lowest BCUT2D eigenvalue weighted by atomic mass is 10.1. The van der Waals surface area contributed by atoms with Crippen LogP contribution in [0.15, 0.2) is 18.2 Å². The second-order valence-electron chi connectivity index (χ2n) is 2.01. The number of rotatable bonds is 1. The maximum absolute atomic E-state index is 10.4. The molecule has 0 spiro atoms. The maximum Gasteiger partial charge on any atom is 0.335 e. The summed E-state index contributed by atoms with van der Waals surface area (Å²) < 4.78 is 0. The summed E-state index contributed by atoms with van der Waals surface area (Å²) in [5.41, 5.74) is 0.998. The molecule has 0 unspecified atom stereocenters. The normalized spacial score (nSPS) is 9.30. The van der Waals surface area contributed by atoms with Crippen LogP contribution in [-0.4, -0.2) is 11.1 Å². The zero-order valence-corrected chi connectivity index (χ0v) is 5.59. The summed E-state index contributed by atoms with van der Waals surface area (Å²) in [4.78, 5) is 10.4. The van der Waals surface area contributed by atoms with E-state index in [0.717, 1.165) is 0 Å². The fourth-order valence-corrected chi connectivity index (χ4v) is 0.752. The molecule has 1 N–H and O–H groups in total. The highest BCUT2D eigenvalue weighted by atomic mass is 16.4. The molecular formula is C8H7O2. The van der Waals surface area contributed by atoms with E-state index in [2.05, 4.69) is 6.07 Å².